The van der Waals surface area contributed by atoms with E-state index in [0.717, 1.165) is 50.5 Å². The van der Waals surface area contributed by atoms with E-state index >= 15 is 0 Å². The lowest BCUT2D eigenvalue weighted by molar-refractivity contribution is 0.487. The van der Waals surface area contributed by atoms with E-state index < -0.39 is 0 Å². The van der Waals surface area contributed by atoms with Crippen molar-refractivity contribution < 1.29 is 9.15 Å². The smallest absolute Gasteiger partial charge is 0.135 e. The van der Waals surface area contributed by atoms with E-state index in [0.29, 0.717) is 0 Å². The average molecular weight is 563 g/mol. The van der Waals surface area contributed by atoms with Gasteiger partial charge in [0.05, 0.1) is 0 Å². The van der Waals surface area contributed by atoms with E-state index in [1.165, 1.54) is 38.6 Å². The quantitative estimate of drug-likeness (QED) is 0.213. The maximum absolute atomic E-state index is 6.52. The first-order chi connectivity index (χ1) is 21.8. The molecule has 1 aliphatic heterocycles. The van der Waals surface area contributed by atoms with Gasteiger partial charge in [-0.3, -0.25) is 0 Å². The number of para-hydroxylation sites is 1. The van der Waals surface area contributed by atoms with Crippen LogP contribution in [0.1, 0.15) is 0 Å². The van der Waals surface area contributed by atoms with Crippen LogP contribution in [0.3, 0.4) is 0 Å². The Balaban J connectivity index is 1.09. The lowest BCUT2D eigenvalue weighted by atomic mass is 9.91. The number of hydrogen-bond donors (Lipinski definition) is 0. The molecule has 1 aromatic heterocycles. The molecule has 0 N–H and O–H groups in total. The molecule has 44 heavy (non-hydrogen) atoms. The molecule has 0 unspecified atom stereocenters. The summed E-state index contributed by atoms with van der Waals surface area (Å²) in [6, 6.07) is 55.4. The van der Waals surface area contributed by atoms with Crippen molar-refractivity contribution in [1.29, 1.82) is 0 Å². The molecule has 0 saturated heterocycles. The van der Waals surface area contributed by atoms with Crippen LogP contribution in [0.2, 0.25) is 0 Å². The van der Waals surface area contributed by atoms with Crippen molar-refractivity contribution in [3.05, 3.63) is 158 Å². The Labute approximate surface area is 255 Å². The minimum absolute atomic E-state index is 0.841. The van der Waals surface area contributed by atoms with Crippen LogP contribution in [0.25, 0.3) is 77.6 Å². The summed E-state index contributed by atoms with van der Waals surface area (Å²) in [5, 5.41) is 4.74. The Hall–Kier alpha value is -5.86. The van der Waals surface area contributed by atoms with Crippen molar-refractivity contribution in [2.45, 2.75) is 0 Å². The SMILES string of the molecule is c1ccc(-c2cccc3cccc(-c4ccc(-c5ccc(-c6ccc7c8c(cccc68)-c6ccccc6O7)o5)cc4)c23)cc1. The molecule has 0 atom stereocenters. The minimum Gasteiger partial charge on any atom is -0.456 e. The molecule has 0 amide bonds. The summed E-state index contributed by atoms with van der Waals surface area (Å²) in [6.45, 7) is 0. The number of hydrogen-bond acceptors (Lipinski definition) is 2. The van der Waals surface area contributed by atoms with Gasteiger partial charge in [-0.15, -0.1) is 0 Å². The van der Waals surface area contributed by atoms with Crippen molar-refractivity contribution >= 4 is 21.5 Å². The van der Waals surface area contributed by atoms with Gasteiger partial charge in [-0.05, 0) is 74.3 Å². The van der Waals surface area contributed by atoms with E-state index in [-0.39, 0.29) is 0 Å². The predicted octanol–water partition coefficient (Wildman–Crippen LogP) is 12.0. The fourth-order valence-corrected chi connectivity index (χ4v) is 6.69. The number of ether oxygens (including phenoxy) is 1. The first-order valence-corrected chi connectivity index (χ1v) is 14.9. The molecule has 0 fully saturated rings. The molecule has 0 spiro atoms. The summed E-state index contributed by atoms with van der Waals surface area (Å²) < 4.78 is 12.8. The van der Waals surface area contributed by atoms with Crippen LogP contribution in [0.4, 0.5) is 0 Å². The van der Waals surface area contributed by atoms with Crippen LogP contribution in [0.15, 0.2) is 162 Å². The summed E-state index contributed by atoms with van der Waals surface area (Å²) in [5.41, 5.74) is 9.27. The standard InChI is InChI=1S/C42H26O2/c1-2-9-27(10-3-1)31-14-6-11-30-12-7-15-32(41(30)31)28-19-21-29(22-20-28)37-25-26-39(43-37)34-23-24-40-42-35(16-8-17-36(34)42)33-13-4-5-18-38(33)44-40/h1-26H. The topological polar surface area (TPSA) is 22.4 Å². The van der Waals surface area contributed by atoms with Crippen LogP contribution < -0.4 is 4.74 Å². The molecule has 7 aromatic carbocycles. The Morgan fingerprint density at radius 3 is 1.77 bits per heavy atom. The van der Waals surface area contributed by atoms with Crippen LogP contribution >= 0.6 is 0 Å². The highest BCUT2D eigenvalue weighted by atomic mass is 16.5. The molecular formula is C42H26O2. The fourth-order valence-electron chi connectivity index (χ4n) is 6.69. The van der Waals surface area contributed by atoms with Gasteiger partial charge in [0, 0.05) is 22.1 Å². The molecule has 2 nitrogen and oxygen atoms in total. The third-order valence-corrected chi connectivity index (χ3v) is 8.74. The van der Waals surface area contributed by atoms with Gasteiger partial charge in [-0.25, -0.2) is 0 Å². The Kier molecular flexibility index (Phi) is 5.54. The van der Waals surface area contributed by atoms with Gasteiger partial charge in [0.2, 0.25) is 0 Å². The second-order valence-corrected chi connectivity index (χ2v) is 11.3. The summed E-state index contributed by atoms with van der Waals surface area (Å²) >= 11 is 0. The van der Waals surface area contributed by atoms with Crippen molar-refractivity contribution in [2.24, 2.45) is 0 Å². The van der Waals surface area contributed by atoms with E-state index in [2.05, 4.69) is 146 Å². The van der Waals surface area contributed by atoms with E-state index in [1.807, 2.05) is 12.1 Å². The lowest BCUT2D eigenvalue weighted by Crippen LogP contribution is -1.97. The van der Waals surface area contributed by atoms with Crippen molar-refractivity contribution in [3.8, 4) is 67.5 Å². The van der Waals surface area contributed by atoms with E-state index in [1.54, 1.807) is 0 Å². The van der Waals surface area contributed by atoms with Crippen LogP contribution in [-0.2, 0) is 0 Å². The predicted molar refractivity (Wildman–Crippen MR) is 181 cm³/mol. The van der Waals surface area contributed by atoms with Crippen molar-refractivity contribution in [2.75, 3.05) is 0 Å². The lowest BCUT2D eigenvalue weighted by Gasteiger charge is -2.22. The Bertz CT molecular complexity index is 2340. The molecule has 8 aromatic rings. The number of benzene rings is 7. The highest BCUT2D eigenvalue weighted by Crippen LogP contribution is 2.48. The molecule has 206 valence electrons. The zero-order valence-corrected chi connectivity index (χ0v) is 23.8. The second kappa shape index (κ2) is 9.86. The molecule has 2 heteroatoms. The highest BCUT2D eigenvalue weighted by Gasteiger charge is 2.22. The molecule has 9 rings (SSSR count). The minimum atomic E-state index is 0.841. The molecule has 2 heterocycles. The van der Waals surface area contributed by atoms with E-state index in [4.69, 9.17) is 9.15 Å². The van der Waals surface area contributed by atoms with Crippen LogP contribution in [-0.4, -0.2) is 0 Å². The summed E-state index contributed by atoms with van der Waals surface area (Å²) in [7, 11) is 0. The number of rotatable bonds is 4. The van der Waals surface area contributed by atoms with Gasteiger partial charge in [0.15, 0.2) is 0 Å². The maximum Gasteiger partial charge on any atom is 0.135 e. The molecular weight excluding hydrogens is 536 g/mol. The molecule has 0 radical (unpaired) electrons. The van der Waals surface area contributed by atoms with Gasteiger partial charge in [0.25, 0.3) is 0 Å². The van der Waals surface area contributed by atoms with Crippen molar-refractivity contribution in [1.82, 2.24) is 0 Å². The van der Waals surface area contributed by atoms with Crippen molar-refractivity contribution in [3.63, 3.8) is 0 Å². The zero-order chi connectivity index (χ0) is 29.0. The van der Waals surface area contributed by atoms with Gasteiger partial charge >= 0.3 is 0 Å². The van der Waals surface area contributed by atoms with Gasteiger partial charge in [0.1, 0.15) is 23.0 Å². The molecule has 1 aliphatic rings. The van der Waals surface area contributed by atoms with Gasteiger partial charge < -0.3 is 9.15 Å². The number of fused-ring (bicyclic) bond motifs is 3. The zero-order valence-electron chi connectivity index (χ0n) is 23.8. The van der Waals surface area contributed by atoms with Crippen LogP contribution in [0, 0.1) is 0 Å². The fraction of sp³-hybridized carbons (Fsp3) is 0. The summed E-state index contributed by atoms with van der Waals surface area (Å²) in [6.07, 6.45) is 0. The molecule has 0 bridgehead atoms. The normalized spacial score (nSPS) is 11.8. The average Bonchev–Trinajstić information content (AvgIpc) is 3.59. The Morgan fingerprint density at radius 2 is 0.955 bits per heavy atom. The first-order valence-electron chi connectivity index (χ1n) is 14.9. The van der Waals surface area contributed by atoms with Gasteiger partial charge in [-0.1, -0.05) is 127 Å². The molecule has 0 aliphatic carbocycles. The van der Waals surface area contributed by atoms with Gasteiger partial charge in [-0.2, -0.15) is 0 Å². The maximum atomic E-state index is 6.52. The Morgan fingerprint density at radius 1 is 0.318 bits per heavy atom. The third kappa shape index (κ3) is 3.89. The third-order valence-electron chi connectivity index (χ3n) is 8.74. The number of furan rings is 1. The monoisotopic (exact) mass is 562 g/mol. The highest BCUT2D eigenvalue weighted by molar-refractivity contribution is 6.09. The summed E-state index contributed by atoms with van der Waals surface area (Å²) in [5.74, 6) is 3.46. The molecule has 0 saturated carbocycles. The first kappa shape index (κ1) is 24.7. The summed E-state index contributed by atoms with van der Waals surface area (Å²) in [4.78, 5) is 0. The van der Waals surface area contributed by atoms with Crippen LogP contribution in [0.5, 0.6) is 11.5 Å². The largest absolute Gasteiger partial charge is 0.456 e. The van der Waals surface area contributed by atoms with E-state index in [9.17, 15) is 0 Å². The second-order valence-electron chi connectivity index (χ2n) is 11.3.